The summed E-state index contributed by atoms with van der Waals surface area (Å²) in [7, 11) is 1.65. The van der Waals surface area contributed by atoms with Crippen LogP contribution in [0.1, 0.15) is 30.5 Å². The minimum Gasteiger partial charge on any atom is -0.492 e. The van der Waals surface area contributed by atoms with Crippen LogP contribution in [0.2, 0.25) is 0 Å². The molecule has 0 spiro atoms. The van der Waals surface area contributed by atoms with Gasteiger partial charge in [-0.05, 0) is 37.2 Å². The van der Waals surface area contributed by atoms with Crippen molar-refractivity contribution in [1.82, 2.24) is 10.3 Å². The Bertz CT molecular complexity index is 584. The van der Waals surface area contributed by atoms with Gasteiger partial charge in [0.1, 0.15) is 17.4 Å². The van der Waals surface area contributed by atoms with Crippen LogP contribution in [0.3, 0.4) is 0 Å². The van der Waals surface area contributed by atoms with Crippen LogP contribution in [-0.2, 0) is 0 Å². The smallest absolute Gasteiger partial charge is 0.137 e. The molecule has 0 amide bonds. The van der Waals surface area contributed by atoms with Gasteiger partial charge in [-0.1, -0.05) is 13.0 Å². The number of halogens is 2. The number of rotatable bonds is 6. The van der Waals surface area contributed by atoms with E-state index in [4.69, 9.17) is 4.74 Å². The third-order valence-electron chi connectivity index (χ3n) is 3.12. The van der Waals surface area contributed by atoms with Gasteiger partial charge in [-0.25, -0.2) is 8.78 Å². The van der Waals surface area contributed by atoms with Gasteiger partial charge in [0.25, 0.3) is 0 Å². The molecule has 112 valence electrons. The maximum absolute atomic E-state index is 13.9. The van der Waals surface area contributed by atoms with E-state index in [1.165, 1.54) is 18.2 Å². The molecule has 0 aliphatic rings. The summed E-state index contributed by atoms with van der Waals surface area (Å²) in [6.07, 6.45) is 4.04. The molecule has 0 bridgehead atoms. The summed E-state index contributed by atoms with van der Waals surface area (Å²) in [5, 5.41) is 2.92. The molecule has 0 fully saturated rings. The quantitative estimate of drug-likeness (QED) is 0.885. The number of hydrogen-bond donors (Lipinski definition) is 1. The highest BCUT2D eigenvalue weighted by Crippen LogP contribution is 2.28. The molecule has 0 radical (unpaired) electrons. The first kappa shape index (κ1) is 15.4. The molecular weight excluding hydrogens is 274 g/mol. The molecule has 3 nitrogen and oxygen atoms in total. The number of nitrogens with one attached hydrogen (secondary N) is 1. The largest absolute Gasteiger partial charge is 0.492 e. The van der Waals surface area contributed by atoms with Crippen molar-refractivity contribution in [2.24, 2.45) is 0 Å². The van der Waals surface area contributed by atoms with E-state index in [2.05, 4.69) is 10.3 Å². The fourth-order valence-electron chi connectivity index (χ4n) is 2.16. The molecule has 1 unspecified atom stereocenters. The Kier molecular flexibility index (Phi) is 5.22. The Morgan fingerprint density at radius 3 is 2.57 bits per heavy atom. The third-order valence-corrected chi connectivity index (χ3v) is 3.12. The van der Waals surface area contributed by atoms with Gasteiger partial charge in [0, 0.05) is 11.8 Å². The first-order valence-electron chi connectivity index (χ1n) is 6.86. The standard InChI is InChI=1S/C16H18F2N2O/c1-3-7-21-12-8-11(9-20-10-12)16(19-2)15-13(17)5-4-6-14(15)18/h4-6,8-10,16,19H,3,7H2,1-2H3. The molecule has 1 aromatic heterocycles. The number of pyridine rings is 1. The molecule has 0 aliphatic carbocycles. The Labute approximate surface area is 123 Å². The van der Waals surface area contributed by atoms with Crippen molar-refractivity contribution in [2.45, 2.75) is 19.4 Å². The highest BCUT2D eigenvalue weighted by Gasteiger charge is 2.21. The highest BCUT2D eigenvalue weighted by atomic mass is 19.1. The van der Waals surface area contributed by atoms with Gasteiger partial charge in [-0.2, -0.15) is 0 Å². The molecular formula is C16H18F2N2O. The molecule has 2 rings (SSSR count). The van der Waals surface area contributed by atoms with Crippen molar-refractivity contribution >= 4 is 0 Å². The van der Waals surface area contributed by atoms with Gasteiger partial charge in [-0.15, -0.1) is 0 Å². The normalized spacial score (nSPS) is 12.2. The first-order chi connectivity index (χ1) is 10.2. The van der Waals surface area contributed by atoms with Crippen molar-refractivity contribution in [3.8, 4) is 5.75 Å². The molecule has 0 aliphatic heterocycles. The molecule has 21 heavy (non-hydrogen) atoms. The summed E-state index contributed by atoms with van der Waals surface area (Å²) >= 11 is 0. The number of aromatic nitrogens is 1. The summed E-state index contributed by atoms with van der Waals surface area (Å²) in [6.45, 7) is 2.58. The van der Waals surface area contributed by atoms with Crippen LogP contribution >= 0.6 is 0 Å². The fraction of sp³-hybridized carbons (Fsp3) is 0.312. The predicted molar refractivity (Wildman–Crippen MR) is 77.3 cm³/mol. The summed E-state index contributed by atoms with van der Waals surface area (Å²) in [4.78, 5) is 4.08. The van der Waals surface area contributed by atoms with Crippen LogP contribution in [0.4, 0.5) is 8.78 Å². The van der Waals surface area contributed by atoms with E-state index in [1.54, 1.807) is 25.5 Å². The Hall–Kier alpha value is -2.01. The molecule has 1 N–H and O–H groups in total. The maximum Gasteiger partial charge on any atom is 0.137 e. The number of benzene rings is 1. The van der Waals surface area contributed by atoms with Crippen molar-refractivity contribution in [1.29, 1.82) is 0 Å². The Morgan fingerprint density at radius 2 is 1.95 bits per heavy atom. The average molecular weight is 292 g/mol. The monoisotopic (exact) mass is 292 g/mol. The lowest BCUT2D eigenvalue weighted by Gasteiger charge is -2.19. The first-order valence-corrected chi connectivity index (χ1v) is 6.86. The lowest BCUT2D eigenvalue weighted by Crippen LogP contribution is -2.20. The summed E-state index contributed by atoms with van der Waals surface area (Å²) < 4.78 is 33.4. The Balaban J connectivity index is 2.37. The number of ether oxygens (including phenoxy) is 1. The van der Waals surface area contributed by atoms with E-state index in [0.29, 0.717) is 17.9 Å². The van der Waals surface area contributed by atoms with Crippen molar-refractivity contribution < 1.29 is 13.5 Å². The van der Waals surface area contributed by atoms with Crippen LogP contribution in [0, 0.1) is 11.6 Å². The van der Waals surface area contributed by atoms with E-state index < -0.39 is 17.7 Å². The van der Waals surface area contributed by atoms with E-state index >= 15 is 0 Å². The van der Waals surface area contributed by atoms with E-state index in [9.17, 15) is 8.78 Å². The molecule has 1 heterocycles. The minimum absolute atomic E-state index is 0.0190. The lowest BCUT2D eigenvalue weighted by atomic mass is 9.99. The lowest BCUT2D eigenvalue weighted by molar-refractivity contribution is 0.315. The Morgan fingerprint density at radius 1 is 1.24 bits per heavy atom. The second-order valence-electron chi connectivity index (χ2n) is 4.66. The molecule has 2 aromatic rings. The second-order valence-corrected chi connectivity index (χ2v) is 4.66. The fourth-order valence-corrected chi connectivity index (χ4v) is 2.16. The predicted octanol–water partition coefficient (Wildman–Crippen LogP) is 3.46. The van der Waals surface area contributed by atoms with Crippen LogP contribution in [0.5, 0.6) is 5.75 Å². The zero-order chi connectivity index (χ0) is 15.2. The van der Waals surface area contributed by atoms with Crippen LogP contribution < -0.4 is 10.1 Å². The summed E-state index contributed by atoms with van der Waals surface area (Å²) in [5.41, 5.74) is 0.629. The zero-order valence-electron chi connectivity index (χ0n) is 12.1. The zero-order valence-corrected chi connectivity index (χ0v) is 12.1. The number of hydrogen-bond acceptors (Lipinski definition) is 3. The van der Waals surface area contributed by atoms with Crippen LogP contribution in [-0.4, -0.2) is 18.6 Å². The SMILES string of the molecule is CCCOc1cncc(C(NC)c2c(F)cccc2F)c1. The van der Waals surface area contributed by atoms with Gasteiger partial charge in [0.2, 0.25) is 0 Å². The number of nitrogens with zero attached hydrogens (tertiary/aromatic N) is 1. The van der Waals surface area contributed by atoms with Crippen molar-refractivity contribution in [3.05, 3.63) is 59.4 Å². The van der Waals surface area contributed by atoms with Crippen LogP contribution in [0.15, 0.2) is 36.7 Å². The molecule has 1 atom stereocenters. The van der Waals surface area contributed by atoms with Gasteiger partial charge >= 0.3 is 0 Å². The summed E-state index contributed by atoms with van der Waals surface area (Å²) in [6, 6.07) is 4.96. The topological polar surface area (TPSA) is 34.1 Å². The van der Waals surface area contributed by atoms with E-state index in [0.717, 1.165) is 6.42 Å². The van der Waals surface area contributed by atoms with Crippen LogP contribution in [0.25, 0.3) is 0 Å². The van der Waals surface area contributed by atoms with Gasteiger partial charge in [0.15, 0.2) is 0 Å². The molecule has 5 heteroatoms. The van der Waals surface area contributed by atoms with E-state index in [1.807, 2.05) is 6.92 Å². The van der Waals surface area contributed by atoms with Gasteiger partial charge in [-0.3, -0.25) is 4.98 Å². The minimum atomic E-state index is -0.621. The molecule has 0 saturated heterocycles. The van der Waals surface area contributed by atoms with Crippen molar-refractivity contribution in [2.75, 3.05) is 13.7 Å². The van der Waals surface area contributed by atoms with E-state index in [-0.39, 0.29) is 5.56 Å². The highest BCUT2D eigenvalue weighted by molar-refractivity contribution is 5.35. The maximum atomic E-state index is 13.9. The van der Waals surface area contributed by atoms with Gasteiger partial charge < -0.3 is 10.1 Å². The summed E-state index contributed by atoms with van der Waals surface area (Å²) in [5.74, 6) is -0.588. The third kappa shape index (κ3) is 3.55. The van der Waals surface area contributed by atoms with Crippen molar-refractivity contribution in [3.63, 3.8) is 0 Å². The molecule has 1 aromatic carbocycles. The van der Waals surface area contributed by atoms with Gasteiger partial charge in [0.05, 0.1) is 18.8 Å². The average Bonchev–Trinajstić information content (AvgIpc) is 2.49. The molecule has 0 saturated carbocycles. The second kappa shape index (κ2) is 7.13.